The van der Waals surface area contributed by atoms with Crippen molar-refractivity contribution in [1.82, 2.24) is 0 Å². The van der Waals surface area contributed by atoms with Gasteiger partial charge in [-0.25, -0.2) is 4.39 Å². The number of amides is 1. The highest BCUT2D eigenvalue weighted by atomic mass is 35.5. The molecule has 0 saturated heterocycles. The van der Waals surface area contributed by atoms with Crippen LogP contribution in [0, 0.1) is 12.7 Å². The van der Waals surface area contributed by atoms with Gasteiger partial charge in [0.05, 0.1) is 11.1 Å². The Kier molecular flexibility index (Phi) is 3.55. The van der Waals surface area contributed by atoms with E-state index in [0.29, 0.717) is 28.1 Å². The standard InChI is InChI=1S/C16H13ClFNO2/c1-9-3-2-4-11(16(9)18)15(17)10-5-6-13-12(7-10)19-14(20)8-21-13/h2-7,15H,8H2,1H3,(H,19,20). The monoisotopic (exact) mass is 305 g/mol. The summed E-state index contributed by atoms with van der Waals surface area (Å²) >= 11 is 6.39. The van der Waals surface area contributed by atoms with Crippen LogP contribution in [0.5, 0.6) is 5.75 Å². The van der Waals surface area contributed by atoms with Crippen LogP contribution in [-0.4, -0.2) is 12.5 Å². The van der Waals surface area contributed by atoms with E-state index in [1.165, 1.54) is 0 Å². The molecule has 2 aromatic rings. The minimum absolute atomic E-state index is 0.00313. The molecule has 2 aromatic carbocycles. The molecule has 0 saturated carbocycles. The second kappa shape index (κ2) is 5.37. The molecular weight excluding hydrogens is 293 g/mol. The number of hydrogen-bond acceptors (Lipinski definition) is 2. The molecule has 21 heavy (non-hydrogen) atoms. The highest BCUT2D eigenvalue weighted by Gasteiger charge is 2.21. The lowest BCUT2D eigenvalue weighted by atomic mass is 10.0. The molecule has 3 rings (SSSR count). The van der Waals surface area contributed by atoms with Gasteiger partial charge in [-0.3, -0.25) is 4.79 Å². The van der Waals surface area contributed by atoms with Gasteiger partial charge in [0.2, 0.25) is 0 Å². The molecule has 0 bridgehead atoms. The lowest BCUT2D eigenvalue weighted by molar-refractivity contribution is -0.118. The first-order valence-corrected chi connectivity index (χ1v) is 6.95. The molecule has 1 amide bonds. The molecule has 0 aromatic heterocycles. The van der Waals surface area contributed by atoms with Crippen molar-refractivity contribution in [2.45, 2.75) is 12.3 Å². The molecule has 1 unspecified atom stereocenters. The van der Waals surface area contributed by atoms with Crippen LogP contribution in [0.1, 0.15) is 22.1 Å². The summed E-state index contributed by atoms with van der Waals surface area (Å²) in [4.78, 5) is 11.3. The maximum absolute atomic E-state index is 14.2. The van der Waals surface area contributed by atoms with E-state index in [2.05, 4.69) is 5.32 Å². The third-order valence-electron chi connectivity index (χ3n) is 3.42. The van der Waals surface area contributed by atoms with Gasteiger partial charge in [0.25, 0.3) is 5.91 Å². The number of carbonyl (C=O) groups excluding carboxylic acids is 1. The molecule has 1 aliphatic rings. The van der Waals surface area contributed by atoms with Gasteiger partial charge < -0.3 is 10.1 Å². The van der Waals surface area contributed by atoms with Crippen molar-refractivity contribution in [3.63, 3.8) is 0 Å². The van der Waals surface area contributed by atoms with E-state index < -0.39 is 5.38 Å². The van der Waals surface area contributed by atoms with Crippen molar-refractivity contribution < 1.29 is 13.9 Å². The Morgan fingerprint density at radius 3 is 2.95 bits per heavy atom. The third-order valence-corrected chi connectivity index (χ3v) is 3.91. The highest BCUT2D eigenvalue weighted by Crippen LogP contribution is 2.36. The number of carbonyl (C=O) groups is 1. The quantitative estimate of drug-likeness (QED) is 0.857. The minimum atomic E-state index is -0.631. The number of benzene rings is 2. The van der Waals surface area contributed by atoms with Gasteiger partial charge >= 0.3 is 0 Å². The minimum Gasteiger partial charge on any atom is -0.482 e. The fourth-order valence-electron chi connectivity index (χ4n) is 2.30. The maximum Gasteiger partial charge on any atom is 0.262 e. The zero-order valence-electron chi connectivity index (χ0n) is 11.3. The number of hydrogen-bond donors (Lipinski definition) is 1. The molecule has 0 fully saturated rings. The Balaban J connectivity index is 1.98. The molecule has 0 spiro atoms. The molecule has 108 valence electrons. The van der Waals surface area contributed by atoms with Gasteiger partial charge in [-0.2, -0.15) is 0 Å². The summed E-state index contributed by atoms with van der Waals surface area (Å²) in [5.41, 5.74) is 2.22. The number of fused-ring (bicyclic) bond motifs is 1. The van der Waals surface area contributed by atoms with Gasteiger partial charge in [-0.1, -0.05) is 24.3 Å². The number of alkyl halides is 1. The zero-order chi connectivity index (χ0) is 15.0. The van der Waals surface area contributed by atoms with Crippen molar-refractivity contribution in [3.05, 3.63) is 58.9 Å². The molecule has 0 aliphatic carbocycles. The number of halogens is 2. The summed E-state index contributed by atoms with van der Waals surface area (Å²) in [5, 5.41) is 2.09. The first kappa shape index (κ1) is 13.9. The van der Waals surface area contributed by atoms with Crippen molar-refractivity contribution in [2.24, 2.45) is 0 Å². The Labute approximate surface area is 126 Å². The van der Waals surface area contributed by atoms with Crippen LogP contribution in [0.25, 0.3) is 0 Å². The molecule has 0 radical (unpaired) electrons. The number of anilines is 1. The van der Waals surface area contributed by atoms with Gasteiger partial charge in [0, 0.05) is 5.56 Å². The van der Waals surface area contributed by atoms with Crippen LogP contribution in [0.2, 0.25) is 0 Å². The predicted octanol–water partition coefficient (Wildman–Crippen LogP) is 3.79. The first-order valence-electron chi connectivity index (χ1n) is 6.52. The number of aryl methyl sites for hydroxylation is 1. The Morgan fingerprint density at radius 1 is 1.33 bits per heavy atom. The van der Waals surface area contributed by atoms with Gasteiger partial charge in [0.15, 0.2) is 6.61 Å². The average Bonchev–Trinajstić information content (AvgIpc) is 2.48. The normalized spacial score (nSPS) is 14.9. The fourth-order valence-corrected chi connectivity index (χ4v) is 2.61. The van der Waals surface area contributed by atoms with Gasteiger partial charge in [-0.05, 0) is 30.2 Å². The van der Waals surface area contributed by atoms with Crippen LogP contribution >= 0.6 is 11.6 Å². The summed E-state index contributed by atoms with van der Waals surface area (Å²) in [6.45, 7) is 1.70. The summed E-state index contributed by atoms with van der Waals surface area (Å²) in [7, 11) is 0. The first-order chi connectivity index (χ1) is 10.1. The zero-order valence-corrected chi connectivity index (χ0v) is 12.1. The molecule has 1 atom stereocenters. The predicted molar refractivity (Wildman–Crippen MR) is 79.4 cm³/mol. The van der Waals surface area contributed by atoms with E-state index >= 15 is 0 Å². The molecule has 1 heterocycles. The smallest absolute Gasteiger partial charge is 0.262 e. The Morgan fingerprint density at radius 2 is 2.14 bits per heavy atom. The number of nitrogens with one attached hydrogen (secondary N) is 1. The second-order valence-electron chi connectivity index (χ2n) is 4.93. The molecular formula is C16H13ClFNO2. The fraction of sp³-hybridized carbons (Fsp3) is 0.188. The largest absolute Gasteiger partial charge is 0.482 e. The van der Waals surface area contributed by atoms with E-state index in [1.807, 2.05) is 0 Å². The summed E-state index contributed by atoms with van der Waals surface area (Å²) in [6, 6.07) is 10.3. The van der Waals surface area contributed by atoms with Crippen molar-refractivity contribution in [1.29, 1.82) is 0 Å². The highest BCUT2D eigenvalue weighted by molar-refractivity contribution is 6.22. The third kappa shape index (κ3) is 2.59. The molecule has 5 heteroatoms. The van der Waals surface area contributed by atoms with Crippen LogP contribution in [0.4, 0.5) is 10.1 Å². The molecule has 3 nitrogen and oxygen atoms in total. The Bertz CT molecular complexity index is 717. The van der Waals surface area contributed by atoms with E-state index in [0.717, 1.165) is 0 Å². The van der Waals surface area contributed by atoms with E-state index in [1.54, 1.807) is 43.3 Å². The molecule has 1 N–H and O–H groups in total. The van der Waals surface area contributed by atoms with E-state index in [-0.39, 0.29) is 18.3 Å². The molecule has 1 aliphatic heterocycles. The van der Waals surface area contributed by atoms with Crippen LogP contribution in [-0.2, 0) is 4.79 Å². The van der Waals surface area contributed by atoms with Crippen LogP contribution in [0.3, 0.4) is 0 Å². The summed E-state index contributed by atoms with van der Waals surface area (Å²) < 4.78 is 19.4. The van der Waals surface area contributed by atoms with Crippen molar-refractivity contribution in [2.75, 3.05) is 11.9 Å². The van der Waals surface area contributed by atoms with E-state index in [4.69, 9.17) is 16.3 Å². The van der Waals surface area contributed by atoms with E-state index in [9.17, 15) is 9.18 Å². The summed E-state index contributed by atoms with van der Waals surface area (Å²) in [6.07, 6.45) is 0. The second-order valence-corrected chi connectivity index (χ2v) is 5.37. The number of rotatable bonds is 2. The SMILES string of the molecule is Cc1cccc(C(Cl)c2ccc3c(c2)NC(=O)CO3)c1F. The van der Waals surface area contributed by atoms with Crippen molar-refractivity contribution >= 4 is 23.2 Å². The van der Waals surface area contributed by atoms with Gasteiger partial charge in [0.1, 0.15) is 11.6 Å². The summed E-state index contributed by atoms with van der Waals surface area (Å²) in [5.74, 6) is 0.0648. The topological polar surface area (TPSA) is 38.3 Å². The van der Waals surface area contributed by atoms with Crippen molar-refractivity contribution in [3.8, 4) is 5.75 Å². The van der Waals surface area contributed by atoms with Crippen LogP contribution < -0.4 is 10.1 Å². The van der Waals surface area contributed by atoms with Crippen LogP contribution in [0.15, 0.2) is 36.4 Å². The lowest BCUT2D eigenvalue weighted by Gasteiger charge is -2.20. The number of ether oxygens (including phenoxy) is 1. The average molecular weight is 306 g/mol. The lowest BCUT2D eigenvalue weighted by Crippen LogP contribution is -2.25. The van der Waals surface area contributed by atoms with Gasteiger partial charge in [-0.15, -0.1) is 11.6 Å². The Hall–Kier alpha value is -2.07. The maximum atomic E-state index is 14.2.